The van der Waals surface area contributed by atoms with Crippen LogP contribution >= 0.6 is 11.3 Å². The molecule has 2 aromatic carbocycles. The number of carbonyl (C=O) groups excluding carboxylic acids is 1. The van der Waals surface area contributed by atoms with E-state index >= 15 is 0 Å². The summed E-state index contributed by atoms with van der Waals surface area (Å²) >= 11 is 1.73. The van der Waals surface area contributed by atoms with E-state index in [4.69, 9.17) is 4.98 Å². The molecule has 2 aliphatic rings. The fourth-order valence-corrected chi connectivity index (χ4v) is 4.73. The zero-order valence-electron chi connectivity index (χ0n) is 15.7. The van der Waals surface area contributed by atoms with E-state index in [9.17, 15) is 4.79 Å². The molecular formula is C22H24N4OS. The minimum absolute atomic E-state index is 0.0378. The average Bonchev–Trinajstić information content (AvgIpc) is 3.20. The second-order valence-corrected chi connectivity index (χ2v) is 8.65. The van der Waals surface area contributed by atoms with Gasteiger partial charge in [-0.05, 0) is 49.4 Å². The summed E-state index contributed by atoms with van der Waals surface area (Å²) < 4.78 is 1.15. The van der Waals surface area contributed by atoms with E-state index in [0.717, 1.165) is 52.5 Å². The van der Waals surface area contributed by atoms with Crippen molar-refractivity contribution in [3.63, 3.8) is 0 Å². The normalized spacial score (nSPS) is 17.6. The molecule has 3 aromatic rings. The zero-order chi connectivity index (χ0) is 18.9. The highest BCUT2D eigenvalue weighted by atomic mass is 32.1. The predicted octanol–water partition coefficient (Wildman–Crippen LogP) is 4.33. The lowest BCUT2D eigenvalue weighted by atomic mass is 10.1. The van der Waals surface area contributed by atoms with Gasteiger partial charge in [0.2, 0.25) is 5.91 Å². The number of thiazole rings is 1. The predicted molar refractivity (Wildman–Crippen MR) is 115 cm³/mol. The minimum atomic E-state index is -0.398. The number of anilines is 2. The van der Waals surface area contributed by atoms with E-state index < -0.39 is 6.04 Å². The number of benzene rings is 2. The summed E-state index contributed by atoms with van der Waals surface area (Å²) in [6.45, 7) is 2.20. The lowest BCUT2D eigenvalue weighted by molar-refractivity contribution is -0.122. The third-order valence-corrected chi connectivity index (χ3v) is 6.46. The van der Waals surface area contributed by atoms with E-state index in [2.05, 4.69) is 27.7 Å². The van der Waals surface area contributed by atoms with E-state index in [1.807, 2.05) is 36.4 Å². The summed E-state index contributed by atoms with van der Waals surface area (Å²) in [5.74, 6) is 0.0378. The topological polar surface area (TPSA) is 57.3 Å². The maximum absolute atomic E-state index is 12.9. The second-order valence-electron chi connectivity index (χ2n) is 7.64. The molecule has 28 heavy (non-hydrogen) atoms. The van der Waals surface area contributed by atoms with Crippen molar-refractivity contribution in [1.29, 1.82) is 0 Å². The Bertz CT molecular complexity index is 977. The highest BCUT2D eigenvalue weighted by molar-refractivity contribution is 7.22. The van der Waals surface area contributed by atoms with Crippen LogP contribution in [0, 0.1) is 0 Å². The van der Waals surface area contributed by atoms with Crippen molar-refractivity contribution in [2.75, 3.05) is 23.3 Å². The lowest BCUT2D eigenvalue weighted by Crippen LogP contribution is -2.34. The van der Waals surface area contributed by atoms with Crippen molar-refractivity contribution in [3.8, 4) is 0 Å². The zero-order valence-corrected chi connectivity index (χ0v) is 16.5. The Morgan fingerprint density at radius 3 is 2.64 bits per heavy atom. The van der Waals surface area contributed by atoms with Gasteiger partial charge in [0.05, 0.1) is 10.2 Å². The van der Waals surface area contributed by atoms with Crippen molar-refractivity contribution < 1.29 is 4.79 Å². The van der Waals surface area contributed by atoms with E-state index in [1.54, 1.807) is 11.3 Å². The van der Waals surface area contributed by atoms with Gasteiger partial charge in [0.25, 0.3) is 0 Å². The molecule has 0 unspecified atom stereocenters. The molecule has 1 aliphatic carbocycles. The van der Waals surface area contributed by atoms with Gasteiger partial charge in [0.1, 0.15) is 6.04 Å². The summed E-state index contributed by atoms with van der Waals surface area (Å²) in [5, 5.41) is 7.69. The summed E-state index contributed by atoms with van der Waals surface area (Å²) in [6.07, 6.45) is 4.66. The maximum Gasteiger partial charge on any atom is 0.247 e. The van der Waals surface area contributed by atoms with Crippen LogP contribution in [-0.2, 0) is 4.79 Å². The van der Waals surface area contributed by atoms with Gasteiger partial charge >= 0.3 is 0 Å². The first-order valence-electron chi connectivity index (χ1n) is 10.0. The second kappa shape index (κ2) is 7.43. The maximum atomic E-state index is 12.9. The molecular weight excluding hydrogens is 368 g/mol. The summed E-state index contributed by atoms with van der Waals surface area (Å²) in [6, 6.07) is 16.1. The number of nitrogens with one attached hydrogen (secondary N) is 2. The van der Waals surface area contributed by atoms with Gasteiger partial charge in [-0.2, -0.15) is 0 Å². The Kier molecular flexibility index (Phi) is 4.64. The third-order valence-electron chi connectivity index (χ3n) is 5.38. The number of fused-ring (bicyclic) bond motifs is 1. The Morgan fingerprint density at radius 1 is 1.11 bits per heavy atom. The van der Waals surface area contributed by atoms with Crippen LogP contribution in [0.5, 0.6) is 0 Å². The quantitative estimate of drug-likeness (QED) is 0.656. The van der Waals surface area contributed by atoms with Crippen LogP contribution in [0.4, 0.5) is 10.8 Å². The number of hydrogen-bond acceptors (Lipinski definition) is 5. The minimum Gasteiger partial charge on any atom is -0.370 e. The Morgan fingerprint density at radius 2 is 1.89 bits per heavy atom. The number of nitrogens with zero attached hydrogens (tertiary/aromatic N) is 2. The molecule has 5 rings (SSSR count). The van der Waals surface area contributed by atoms with Crippen molar-refractivity contribution in [2.45, 2.75) is 37.8 Å². The van der Waals surface area contributed by atoms with E-state index in [1.165, 1.54) is 12.8 Å². The Hall–Kier alpha value is -2.60. The first kappa shape index (κ1) is 17.5. The van der Waals surface area contributed by atoms with Gasteiger partial charge in [0.15, 0.2) is 5.13 Å². The van der Waals surface area contributed by atoms with E-state index in [-0.39, 0.29) is 5.91 Å². The molecule has 144 valence electrons. The molecule has 5 nitrogen and oxygen atoms in total. The molecule has 2 fully saturated rings. The summed E-state index contributed by atoms with van der Waals surface area (Å²) in [7, 11) is 0. The fourth-order valence-electron chi connectivity index (χ4n) is 3.67. The smallest absolute Gasteiger partial charge is 0.247 e. The fraction of sp³-hybridized carbons (Fsp3) is 0.364. The number of hydrogen-bond donors (Lipinski definition) is 2. The summed E-state index contributed by atoms with van der Waals surface area (Å²) in [5.41, 5.74) is 2.95. The van der Waals surface area contributed by atoms with Gasteiger partial charge in [-0.3, -0.25) is 4.79 Å². The van der Waals surface area contributed by atoms with Crippen LogP contribution in [-0.4, -0.2) is 30.0 Å². The van der Waals surface area contributed by atoms with Gasteiger partial charge in [-0.15, -0.1) is 0 Å². The SMILES string of the molecule is O=C(NC1CC1)[C@@H](Nc1ccc2nc(N3CCCC3)sc2c1)c1ccccc1. The molecule has 0 radical (unpaired) electrons. The van der Waals surface area contributed by atoms with Crippen molar-refractivity contribution in [1.82, 2.24) is 10.3 Å². The molecule has 0 spiro atoms. The van der Waals surface area contributed by atoms with Crippen LogP contribution in [0.15, 0.2) is 48.5 Å². The molecule has 1 amide bonds. The Balaban J connectivity index is 1.41. The first-order chi connectivity index (χ1) is 13.8. The molecule has 1 aliphatic heterocycles. The van der Waals surface area contributed by atoms with Crippen molar-refractivity contribution >= 4 is 38.3 Å². The number of rotatable bonds is 6. The lowest BCUT2D eigenvalue weighted by Gasteiger charge is -2.20. The number of amides is 1. The molecule has 1 saturated carbocycles. The molecule has 1 saturated heterocycles. The van der Waals surface area contributed by atoms with E-state index in [0.29, 0.717) is 6.04 Å². The standard InChI is InChI=1S/C22H24N4OS/c27-21(24-16-8-9-16)20(15-6-2-1-3-7-15)23-17-10-11-18-19(14-17)28-22(25-18)26-12-4-5-13-26/h1-3,6-7,10-11,14,16,20,23H,4-5,8-9,12-13H2,(H,24,27)/t20-/m0/s1. The number of carbonyl (C=O) groups is 1. The van der Waals surface area contributed by atoms with Crippen LogP contribution in [0.1, 0.15) is 37.3 Å². The largest absolute Gasteiger partial charge is 0.370 e. The highest BCUT2D eigenvalue weighted by Crippen LogP contribution is 2.33. The molecule has 2 N–H and O–H groups in total. The summed E-state index contributed by atoms with van der Waals surface area (Å²) in [4.78, 5) is 20.0. The van der Waals surface area contributed by atoms with Crippen LogP contribution in [0.3, 0.4) is 0 Å². The van der Waals surface area contributed by atoms with Gasteiger partial charge < -0.3 is 15.5 Å². The first-order valence-corrected chi connectivity index (χ1v) is 10.9. The molecule has 1 aromatic heterocycles. The third kappa shape index (κ3) is 3.69. The monoisotopic (exact) mass is 392 g/mol. The van der Waals surface area contributed by atoms with Crippen molar-refractivity contribution in [2.24, 2.45) is 0 Å². The molecule has 0 bridgehead atoms. The van der Waals surface area contributed by atoms with Gasteiger partial charge in [0, 0.05) is 24.8 Å². The van der Waals surface area contributed by atoms with Crippen LogP contribution in [0.25, 0.3) is 10.2 Å². The highest BCUT2D eigenvalue weighted by Gasteiger charge is 2.28. The molecule has 1 atom stereocenters. The molecule has 2 heterocycles. The van der Waals surface area contributed by atoms with Gasteiger partial charge in [-0.1, -0.05) is 41.7 Å². The Labute approximate surface area is 168 Å². The van der Waals surface area contributed by atoms with Gasteiger partial charge in [-0.25, -0.2) is 4.98 Å². The number of aromatic nitrogens is 1. The molecule has 6 heteroatoms. The van der Waals surface area contributed by atoms with Crippen LogP contribution in [0.2, 0.25) is 0 Å². The van der Waals surface area contributed by atoms with Crippen molar-refractivity contribution in [3.05, 3.63) is 54.1 Å². The van der Waals surface area contributed by atoms with Crippen LogP contribution < -0.4 is 15.5 Å². The average molecular weight is 393 g/mol.